The topological polar surface area (TPSA) is 36.9 Å². The van der Waals surface area contributed by atoms with Crippen molar-refractivity contribution in [2.24, 2.45) is 0 Å². The minimum Gasteiger partial charge on any atom is -0.475 e. The molecule has 0 heterocycles. The molecule has 0 atom stereocenters. The van der Waals surface area contributed by atoms with Crippen molar-refractivity contribution in [2.75, 3.05) is 27.6 Å². The fourth-order valence-corrected chi connectivity index (χ4v) is 2.57. The lowest BCUT2D eigenvalue weighted by molar-refractivity contribution is -0.107. The van der Waals surface area contributed by atoms with Gasteiger partial charge < -0.3 is 18.9 Å². The summed E-state index contributed by atoms with van der Waals surface area (Å²) in [6.07, 6.45) is 18.8. The summed E-state index contributed by atoms with van der Waals surface area (Å²) in [4.78, 5) is 0. The molecule has 0 N–H and O–H groups in total. The van der Waals surface area contributed by atoms with Crippen LogP contribution < -0.4 is 0 Å². The normalized spacial score (nSPS) is 11.7. The third kappa shape index (κ3) is 17.8. The van der Waals surface area contributed by atoms with Crippen LogP contribution in [0.1, 0.15) is 84.0 Å². The van der Waals surface area contributed by atoms with E-state index in [2.05, 4.69) is 13.0 Å². The Hall–Kier alpha value is -0.580. The van der Waals surface area contributed by atoms with E-state index in [4.69, 9.17) is 18.9 Å². The number of methoxy groups -OCH3 is 2. The Balaban J connectivity index is 3.11. The van der Waals surface area contributed by atoms with Gasteiger partial charge in [-0.25, -0.2) is 0 Å². The Kier molecular flexibility index (Phi) is 20.0. The molecule has 0 radical (unpaired) electrons. The number of ether oxygens (including phenoxy) is 4. The summed E-state index contributed by atoms with van der Waals surface area (Å²) in [5.41, 5.74) is 0. The van der Waals surface area contributed by atoms with Crippen LogP contribution in [0.15, 0.2) is 12.3 Å². The first-order valence-corrected chi connectivity index (χ1v) is 9.75. The van der Waals surface area contributed by atoms with Gasteiger partial charge in [0.25, 0.3) is 0 Å². The Labute approximate surface area is 149 Å². The maximum atomic E-state index is 5.24. The van der Waals surface area contributed by atoms with E-state index in [1.54, 1.807) is 20.5 Å². The standard InChI is InChI=1S/C20H40O4/c1-4-17-23-19-24-18-15-13-11-9-7-5-6-8-10-12-14-16-20(21-2)22-3/h15,18,20H,4-14,16-17,19H2,1-3H3. The molecule has 4 nitrogen and oxygen atoms in total. The number of hydrogen-bond donors (Lipinski definition) is 0. The molecule has 0 unspecified atom stereocenters. The molecular weight excluding hydrogens is 304 g/mol. The first-order chi connectivity index (χ1) is 11.8. The molecule has 0 saturated carbocycles. The van der Waals surface area contributed by atoms with Crippen molar-refractivity contribution < 1.29 is 18.9 Å². The Morgan fingerprint density at radius 1 is 0.792 bits per heavy atom. The quantitative estimate of drug-likeness (QED) is 0.168. The molecule has 0 fully saturated rings. The van der Waals surface area contributed by atoms with Crippen LogP contribution in [-0.2, 0) is 18.9 Å². The molecular formula is C20H40O4. The average Bonchev–Trinajstić information content (AvgIpc) is 2.61. The van der Waals surface area contributed by atoms with Crippen LogP contribution in [-0.4, -0.2) is 33.9 Å². The molecule has 0 aliphatic heterocycles. The van der Waals surface area contributed by atoms with Gasteiger partial charge in [0.05, 0.1) is 12.9 Å². The lowest BCUT2D eigenvalue weighted by atomic mass is 10.1. The minimum atomic E-state index is -0.0201. The maximum Gasteiger partial charge on any atom is 0.188 e. The van der Waals surface area contributed by atoms with Gasteiger partial charge in [-0.1, -0.05) is 51.9 Å². The summed E-state index contributed by atoms with van der Waals surface area (Å²) in [5.74, 6) is 0. The fraction of sp³-hybridized carbons (Fsp3) is 0.900. The monoisotopic (exact) mass is 344 g/mol. The van der Waals surface area contributed by atoms with Gasteiger partial charge in [-0.05, 0) is 38.2 Å². The summed E-state index contributed by atoms with van der Waals surface area (Å²) in [7, 11) is 3.41. The van der Waals surface area contributed by atoms with E-state index >= 15 is 0 Å². The summed E-state index contributed by atoms with van der Waals surface area (Å²) >= 11 is 0. The highest BCUT2D eigenvalue weighted by atomic mass is 16.7. The van der Waals surface area contributed by atoms with Gasteiger partial charge in [0.2, 0.25) is 0 Å². The number of rotatable bonds is 19. The van der Waals surface area contributed by atoms with E-state index in [0.717, 1.165) is 25.9 Å². The second-order valence-corrected chi connectivity index (χ2v) is 6.22. The molecule has 0 bridgehead atoms. The van der Waals surface area contributed by atoms with Crippen LogP contribution in [0, 0.1) is 0 Å². The zero-order valence-corrected chi connectivity index (χ0v) is 16.3. The summed E-state index contributed by atoms with van der Waals surface area (Å²) in [6.45, 7) is 3.24. The number of allylic oxidation sites excluding steroid dienone is 1. The molecule has 0 aromatic carbocycles. The number of unbranched alkanes of at least 4 members (excludes halogenated alkanes) is 9. The van der Waals surface area contributed by atoms with Crippen LogP contribution in [0.3, 0.4) is 0 Å². The highest BCUT2D eigenvalue weighted by Gasteiger charge is 2.03. The van der Waals surface area contributed by atoms with Crippen molar-refractivity contribution in [3.63, 3.8) is 0 Å². The van der Waals surface area contributed by atoms with Gasteiger partial charge in [0.1, 0.15) is 0 Å². The first kappa shape index (κ1) is 23.4. The van der Waals surface area contributed by atoms with Crippen molar-refractivity contribution in [2.45, 2.75) is 90.3 Å². The van der Waals surface area contributed by atoms with Crippen molar-refractivity contribution in [1.82, 2.24) is 0 Å². The fourth-order valence-electron chi connectivity index (χ4n) is 2.57. The molecule has 0 amide bonds. The second kappa shape index (κ2) is 20.5. The molecule has 144 valence electrons. The van der Waals surface area contributed by atoms with Crippen molar-refractivity contribution in [3.8, 4) is 0 Å². The van der Waals surface area contributed by atoms with Crippen LogP contribution in [0.4, 0.5) is 0 Å². The Morgan fingerprint density at radius 2 is 1.38 bits per heavy atom. The Morgan fingerprint density at radius 3 is 1.96 bits per heavy atom. The predicted molar refractivity (Wildman–Crippen MR) is 99.9 cm³/mol. The van der Waals surface area contributed by atoms with E-state index in [1.165, 1.54) is 57.8 Å². The third-order valence-corrected chi connectivity index (χ3v) is 4.03. The number of hydrogen-bond acceptors (Lipinski definition) is 4. The van der Waals surface area contributed by atoms with Gasteiger partial charge in [-0.15, -0.1) is 0 Å². The smallest absolute Gasteiger partial charge is 0.188 e. The molecule has 0 aromatic rings. The third-order valence-electron chi connectivity index (χ3n) is 4.03. The highest BCUT2D eigenvalue weighted by molar-refractivity contribution is 4.72. The van der Waals surface area contributed by atoms with E-state index in [0.29, 0.717) is 6.79 Å². The van der Waals surface area contributed by atoms with Crippen LogP contribution in [0.25, 0.3) is 0 Å². The van der Waals surface area contributed by atoms with E-state index in [9.17, 15) is 0 Å². The van der Waals surface area contributed by atoms with Gasteiger partial charge in [-0.3, -0.25) is 0 Å². The van der Waals surface area contributed by atoms with Crippen LogP contribution >= 0.6 is 0 Å². The van der Waals surface area contributed by atoms with E-state index < -0.39 is 0 Å². The predicted octanol–water partition coefficient (Wildman–Crippen LogP) is 5.81. The SMILES string of the molecule is CCCOCOC=CCCCCCCCCCCCC(OC)OC. The van der Waals surface area contributed by atoms with Crippen LogP contribution in [0.5, 0.6) is 0 Å². The van der Waals surface area contributed by atoms with Gasteiger partial charge >= 0.3 is 0 Å². The summed E-state index contributed by atoms with van der Waals surface area (Å²) in [6, 6.07) is 0. The molecule has 0 aliphatic rings. The zero-order chi connectivity index (χ0) is 17.7. The molecule has 0 spiro atoms. The van der Waals surface area contributed by atoms with Gasteiger partial charge in [0.15, 0.2) is 13.1 Å². The zero-order valence-electron chi connectivity index (χ0n) is 16.3. The molecule has 0 rings (SSSR count). The molecule has 0 aromatic heterocycles. The highest BCUT2D eigenvalue weighted by Crippen LogP contribution is 2.13. The largest absolute Gasteiger partial charge is 0.475 e. The van der Waals surface area contributed by atoms with Crippen molar-refractivity contribution in [1.29, 1.82) is 0 Å². The van der Waals surface area contributed by atoms with Crippen molar-refractivity contribution >= 4 is 0 Å². The summed E-state index contributed by atoms with van der Waals surface area (Å²) in [5, 5.41) is 0. The summed E-state index contributed by atoms with van der Waals surface area (Å²) < 4.78 is 20.8. The molecule has 0 saturated heterocycles. The van der Waals surface area contributed by atoms with Crippen LogP contribution in [0.2, 0.25) is 0 Å². The van der Waals surface area contributed by atoms with E-state index in [-0.39, 0.29) is 6.29 Å². The van der Waals surface area contributed by atoms with Gasteiger partial charge in [-0.2, -0.15) is 0 Å². The van der Waals surface area contributed by atoms with Gasteiger partial charge in [0, 0.05) is 14.2 Å². The maximum absolute atomic E-state index is 5.24. The first-order valence-electron chi connectivity index (χ1n) is 9.75. The lowest BCUT2D eigenvalue weighted by Crippen LogP contribution is -2.12. The van der Waals surface area contributed by atoms with Crippen molar-refractivity contribution in [3.05, 3.63) is 12.3 Å². The molecule has 4 heteroatoms. The molecule has 24 heavy (non-hydrogen) atoms. The van der Waals surface area contributed by atoms with E-state index in [1.807, 2.05) is 0 Å². The Bertz CT molecular complexity index is 252. The minimum absolute atomic E-state index is 0.0201. The lowest BCUT2D eigenvalue weighted by Gasteiger charge is -2.12. The second-order valence-electron chi connectivity index (χ2n) is 6.22. The molecule has 0 aliphatic carbocycles. The average molecular weight is 345 g/mol.